The minimum atomic E-state index is -0.290. The van der Waals surface area contributed by atoms with Crippen molar-refractivity contribution in [3.63, 3.8) is 0 Å². The standard InChI is InChI=1S/C22H23BrN2O2/c23-19-12-8-11-18(16-19)21(26)24-20(15-17-9-4-3-5-10-17)22(27)25-13-6-1-2-7-14-25/h3-5,8-12,15-16H,1-2,6-7,13-14H2,(H,24,26)/b20-15-. The van der Waals surface area contributed by atoms with Crippen LogP contribution >= 0.6 is 15.9 Å². The Hall–Kier alpha value is -2.40. The number of nitrogens with zero attached hydrogens (tertiary/aromatic N) is 1. The van der Waals surface area contributed by atoms with Gasteiger partial charge < -0.3 is 10.2 Å². The van der Waals surface area contributed by atoms with Crippen molar-refractivity contribution in [1.82, 2.24) is 10.2 Å². The van der Waals surface area contributed by atoms with Crippen LogP contribution < -0.4 is 5.32 Å². The Morgan fingerprint density at radius 2 is 1.63 bits per heavy atom. The van der Waals surface area contributed by atoms with E-state index in [2.05, 4.69) is 21.2 Å². The van der Waals surface area contributed by atoms with Gasteiger partial charge in [0, 0.05) is 23.1 Å². The van der Waals surface area contributed by atoms with Crippen molar-refractivity contribution >= 4 is 33.8 Å². The van der Waals surface area contributed by atoms with Gasteiger partial charge in [0.2, 0.25) is 0 Å². The molecule has 0 spiro atoms. The van der Waals surface area contributed by atoms with E-state index in [1.54, 1.807) is 24.3 Å². The number of rotatable bonds is 4. The maximum atomic E-state index is 13.1. The molecule has 140 valence electrons. The molecule has 5 heteroatoms. The van der Waals surface area contributed by atoms with Crippen LogP contribution in [0.5, 0.6) is 0 Å². The zero-order valence-electron chi connectivity index (χ0n) is 15.2. The Bertz CT molecular complexity index is 825. The maximum Gasteiger partial charge on any atom is 0.270 e. The lowest BCUT2D eigenvalue weighted by Crippen LogP contribution is -2.39. The minimum Gasteiger partial charge on any atom is -0.337 e. The Morgan fingerprint density at radius 1 is 0.926 bits per heavy atom. The number of likely N-dealkylation sites (tertiary alicyclic amines) is 1. The van der Waals surface area contributed by atoms with Crippen LogP contribution in [0.1, 0.15) is 41.6 Å². The summed E-state index contributed by atoms with van der Waals surface area (Å²) in [6.07, 6.45) is 6.05. The Labute approximate surface area is 168 Å². The van der Waals surface area contributed by atoms with Crippen LogP contribution in [0.3, 0.4) is 0 Å². The summed E-state index contributed by atoms with van der Waals surface area (Å²) in [6, 6.07) is 16.7. The van der Waals surface area contributed by atoms with E-state index in [-0.39, 0.29) is 11.8 Å². The molecular weight excluding hydrogens is 404 g/mol. The first-order valence-corrected chi connectivity index (χ1v) is 10.1. The highest BCUT2D eigenvalue weighted by atomic mass is 79.9. The van der Waals surface area contributed by atoms with Crippen LogP contribution in [0.4, 0.5) is 0 Å². The zero-order valence-corrected chi connectivity index (χ0v) is 16.7. The van der Waals surface area contributed by atoms with Gasteiger partial charge in [-0.05, 0) is 42.7 Å². The zero-order chi connectivity index (χ0) is 19.1. The number of carbonyl (C=O) groups is 2. The normalized spacial score (nSPS) is 15.1. The second-order valence-corrected chi connectivity index (χ2v) is 7.56. The monoisotopic (exact) mass is 426 g/mol. The molecule has 1 N–H and O–H groups in total. The van der Waals surface area contributed by atoms with Crippen molar-refractivity contribution in [2.24, 2.45) is 0 Å². The van der Waals surface area contributed by atoms with E-state index >= 15 is 0 Å². The number of nitrogens with one attached hydrogen (secondary N) is 1. The van der Waals surface area contributed by atoms with Gasteiger partial charge in [0.15, 0.2) is 0 Å². The Balaban J connectivity index is 1.86. The molecular formula is C22H23BrN2O2. The summed E-state index contributed by atoms with van der Waals surface area (Å²) < 4.78 is 0.822. The quantitative estimate of drug-likeness (QED) is 0.724. The number of hydrogen-bond donors (Lipinski definition) is 1. The summed E-state index contributed by atoms with van der Waals surface area (Å²) in [5.74, 6) is -0.411. The van der Waals surface area contributed by atoms with Crippen LogP contribution in [-0.4, -0.2) is 29.8 Å². The van der Waals surface area contributed by atoms with Gasteiger partial charge >= 0.3 is 0 Å². The average Bonchev–Trinajstić information content (AvgIpc) is 2.97. The number of carbonyl (C=O) groups excluding carboxylic acids is 2. The maximum absolute atomic E-state index is 13.1. The highest BCUT2D eigenvalue weighted by molar-refractivity contribution is 9.10. The van der Waals surface area contributed by atoms with E-state index in [0.29, 0.717) is 11.3 Å². The summed E-state index contributed by atoms with van der Waals surface area (Å²) in [5, 5.41) is 2.84. The van der Waals surface area contributed by atoms with E-state index in [9.17, 15) is 9.59 Å². The summed E-state index contributed by atoms with van der Waals surface area (Å²) in [6.45, 7) is 1.47. The lowest BCUT2D eigenvalue weighted by Gasteiger charge is -2.22. The Morgan fingerprint density at radius 3 is 2.30 bits per heavy atom. The first-order valence-electron chi connectivity index (χ1n) is 9.26. The SMILES string of the molecule is O=C(N/C(=C\c1ccccc1)C(=O)N1CCCCCC1)c1cccc(Br)c1. The van der Waals surface area contributed by atoms with Gasteiger partial charge in [-0.25, -0.2) is 0 Å². The molecule has 1 aliphatic heterocycles. The fourth-order valence-corrected chi connectivity index (χ4v) is 3.53. The van der Waals surface area contributed by atoms with Gasteiger partial charge in [-0.3, -0.25) is 9.59 Å². The molecule has 0 atom stereocenters. The van der Waals surface area contributed by atoms with E-state index in [1.807, 2.05) is 41.3 Å². The third-order valence-corrected chi connectivity index (χ3v) is 5.06. The molecule has 1 heterocycles. The van der Waals surface area contributed by atoms with Gasteiger partial charge in [-0.2, -0.15) is 0 Å². The molecule has 3 rings (SSSR count). The first kappa shape index (κ1) is 19.4. The third-order valence-electron chi connectivity index (χ3n) is 4.57. The largest absolute Gasteiger partial charge is 0.337 e. The van der Waals surface area contributed by atoms with Gasteiger partial charge in [0.1, 0.15) is 5.70 Å². The van der Waals surface area contributed by atoms with E-state index in [1.165, 1.54) is 0 Å². The topological polar surface area (TPSA) is 49.4 Å². The fraction of sp³-hybridized carbons (Fsp3) is 0.273. The highest BCUT2D eigenvalue weighted by Gasteiger charge is 2.21. The molecule has 2 aromatic carbocycles. The smallest absolute Gasteiger partial charge is 0.270 e. The van der Waals surface area contributed by atoms with Gasteiger partial charge in [0.05, 0.1) is 0 Å². The molecule has 0 aromatic heterocycles. The van der Waals surface area contributed by atoms with Crippen LogP contribution in [0.15, 0.2) is 64.8 Å². The number of benzene rings is 2. The van der Waals surface area contributed by atoms with E-state index in [4.69, 9.17) is 0 Å². The van der Waals surface area contributed by atoms with Crippen molar-refractivity contribution in [3.8, 4) is 0 Å². The van der Waals surface area contributed by atoms with E-state index in [0.717, 1.165) is 48.8 Å². The molecule has 0 unspecified atom stereocenters. The fourth-order valence-electron chi connectivity index (χ4n) is 3.14. The summed E-state index contributed by atoms with van der Waals surface area (Å²) in [5.41, 5.74) is 1.70. The number of hydrogen-bond acceptors (Lipinski definition) is 2. The lowest BCUT2D eigenvalue weighted by atomic mass is 10.1. The first-order chi connectivity index (χ1) is 13.1. The minimum absolute atomic E-state index is 0.121. The molecule has 0 radical (unpaired) electrons. The van der Waals surface area contributed by atoms with Crippen molar-refractivity contribution in [2.75, 3.05) is 13.1 Å². The van der Waals surface area contributed by atoms with Crippen LogP contribution in [0.25, 0.3) is 6.08 Å². The molecule has 0 bridgehead atoms. The number of halogens is 1. The lowest BCUT2D eigenvalue weighted by molar-refractivity contribution is -0.127. The van der Waals surface area contributed by atoms with Gasteiger partial charge in [-0.1, -0.05) is 65.2 Å². The van der Waals surface area contributed by atoms with Crippen LogP contribution in [-0.2, 0) is 4.79 Å². The molecule has 2 amide bonds. The molecule has 1 fully saturated rings. The molecule has 4 nitrogen and oxygen atoms in total. The molecule has 0 aliphatic carbocycles. The number of amides is 2. The molecule has 27 heavy (non-hydrogen) atoms. The van der Waals surface area contributed by atoms with Crippen molar-refractivity contribution in [1.29, 1.82) is 0 Å². The van der Waals surface area contributed by atoms with E-state index < -0.39 is 0 Å². The molecule has 2 aromatic rings. The van der Waals surface area contributed by atoms with Crippen LogP contribution in [0, 0.1) is 0 Å². The average molecular weight is 427 g/mol. The van der Waals surface area contributed by atoms with Crippen molar-refractivity contribution in [3.05, 3.63) is 75.9 Å². The summed E-state index contributed by atoms with van der Waals surface area (Å²) in [4.78, 5) is 27.7. The molecule has 1 saturated heterocycles. The molecule has 0 saturated carbocycles. The van der Waals surface area contributed by atoms with Gasteiger partial charge in [0.25, 0.3) is 11.8 Å². The predicted molar refractivity (Wildman–Crippen MR) is 111 cm³/mol. The summed E-state index contributed by atoms with van der Waals surface area (Å²) in [7, 11) is 0. The van der Waals surface area contributed by atoms with Crippen molar-refractivity contribution in [2.45, 2.75) is 25.7 Å². The third kappa shape index (κ3) is 5.54. The van der Waals surface area contributed by atoms with Crippen molar-refractivity contribution < 1.29 is 9.59 Å². The van der Waals surface area contributed by atoms with Crippen LogP contribution in [0.2, 0.25) is 0 Å². The highest BCUT2D eigenvalue weighted by Crippen LogP contribution is 2.16. The second-order valence-electron chi connectivity index (χ2n) is 6.64. The summed E-state index contributed by atoms with van der Waals surface area (Å²) >= 11 is 3.38. The molecule has 1 aliphatic rings. The second kappa shape index (κ2) is 9.51. The predicted octanol–water partition coefficient (Wildman–Crippen LogP) is 4.62. The Kier molecular flexibility index (Phi) is 6.82. The van der Waals surface area contributed by atoms with Gasteiger partial charge in [-0.15, -0.1) is 0 Å².